The van der Waals surface area contributed by atoms with Crippen molar-refractivity contribution < 1.29 is 10.0 Å². The van der Waals surface area contributed by atoms with Crippen molar-refractivity contribution in [3.63, 3.8) is 0 Å². The summed E-state index contributed by atoms with van der Waals surface area (Å²) in [6.45, 7) is 2.88. The van der Waals surface area contributed by atoms with Crippen molar-refractivity contribution in [3.05, 3.63) is 77.0 Å². The van der Waals surface area contributed by atoms with Crippen molar-refractivity contribution >= 4 is 22.9 Å². The van der Waals surface area contributed by atoms with Crippen molar-refractivity contribution in [2.24, 2.45) is 0 Å². The van der Waals surface area contributed by atoms with Crippen LogP contribution in [0.5, 0.6) is 0 Å². The quantitative estimate of drug-likeness (QED) is 0.385. The summed E-state index contributed by atoms with van der Waals surface area (Å²) < 4.78 is 0. The lowest BCUT2D eigenvalue weighted by atomic mass is 10.0. The summed E-state index contributed by atoms with van der Waals surface area (Å²) in [5, 5.41) is 9.85. The van der Waals surface area contributed by atoms with Gasteiger partial charge in [0.25, 0.3) is 5.91 Å². The van der Waals surface area contributed by atoms with Crippen LogP contribution in [0, 0.1) is 0 Å². The number of rotatable bonds is 4. The van der Waals surface area contributed by atoms with Crippen LogP contribution in [0.4, 0.5) is 0 Å². The van der Waals surface area contributed by atoms with Gasteiger partial charge in [0.2, 0.25) is 0 Å². The zero-order valence-corrected chi connectivity index (χ0v) is 14.4. The smallest absolute Gasteiger partial charge is 0.267 e. The van der Waals surface area contributed by atoms with E-state index in [1.165, 1.54) is 33.8 Å². The zero-order valence-electron chi connectivity index (χ0n) is 14.4. The highest BCUT2D eigenvalue weighted by atomic mass is 16.5. The fourth-order valence-electron chi connectivity index (χ4n) is 3.59. The number of carbonyl (C=O) groups excluding carboxylic acids is 1. The maximum absolute atomic E-state index is 11.0. The maximum atomic E-state index is 11.0. The molecule has 3 aromatic rings. The van der Waals surface area contributed by atoms with Gasteiger partial charge >= 0.3 is 0 Å². The first-order valence-corrected chi connectivity index (χ1v) is 8.75. The topological polar surface area (TPSA) is 68.4 Å². The van der Waals surface area contributed by atoms with Crippen LogP contribution in [0.2, 0.25) is 0 Å². The number of hydrogen-bond acceptors (Lipinski definition) is 3. The molecular formula is C21H21N3O2. The van der Waals surface area contributed by atoms with Crippen molar-refractivity contribution in [3.8, 4) is 0 Å². The standard InChI is InChI=1S/C21H21N3O2/c25-21(23-26)10-9-15-5-7-16(8-6-15)13-24-12-11-18-17-3-1-2-4-19(17)22-20(18)14-24/h1-10,22,26H,11-14H2,(H,23,25)/b10-9+. The van der Waals surface area contributed by atoms with Gasteiger partial charge in [-0.2, -0.15) is 0 Å². The Morgan fingerprint density at radius 3 is 2.81 bits per heavy atom. The lowest BCUT2D eigenvalue weighted by molar-refractivity contribution is -0.124. The van der Waals surface area contributed by atoms with Crippen molar-refractivity contribution in [1.29, 1.82) is 0 Å². The van der Waals surface area contributed by atoms with Gasteiger partial charge in [0, 0.05) is 42.3 Å². The van der Waals surface area contributed by atoms with Gasteiger partial charge in [0.15, 0.2) is 0 Å². The average molecular weight is 347 g/mol. The minimum atomic E-state index is -0.531. The SMILES string of the molecule is O=C(/C=C/c1ccc(CN2CCc3c([nH]c4ccccc34)C2)cc1)NO. The van der Waals surface area contributed by atoms with E-state index in [0.29, 0.717) is 0 Å². The Bertz CT molecular complexity index is 957. The van der Waals surface area contributed by atoms with E-state index in [1.54, 1.807) is 11.6 Å². The molecular weight excluding hydrogens is 326 g/mol. The molecule has 26 heavy (non-hydrogen) atoms. The molecule has 0 saturated carbocycles. The Morgan fingerprint density at radius 1 is 1.19 bits per heavy atom. The number of amides is 1. The number of nitrogens with zero attached hydrogens (tertiary/aromatic N) is 1. The summed E-state index contributed by atoms with van der Waals surface area (Å²) in [6.07, 6.45) is 4.04. The molecule has 1 aliphatic rings. The number of fused-ring (bicyclic) bond motifs is 3. The van der Waals surface area contributed by atoms with Gasteiger partial charge in [-0.25, -0.2) is 5.48 Å². The summed E-state index contributed by atoms with van der Waals surface area (Å²) in [6, 6.07) is 16.6. The van der Waals surface area contributed by atoms with E-state index >= 15 is 0 Å². The first-order chi connectivity index (χ1) is 12.7. The molecule has 3 N–H and O–H groups in total. The number of para-hydroxylation sites is 1. The van der Waals surface area contributed by atoms with Crippen LogP contribution in [0.25, 0.3) is 17.0 Å². The first-order valence-electron chi connectivity index (χ1n) is 8.75. The Labute approximate surface area is 151 Å². The average Bonchev–Trinajstić information content (AvgIpc) is 3.05. The Kier molecular flexibility index (Phi) is 4.56. The third kappa shape index (κ3) is 3.40. The highest BCUT2D eigenvalue weighted by Crippen LogP contribution is 2.28. The summed E-state index contributed by atoms with van der Waals surface area (Å²) in [5.74, 6) is -0.531. The highest BCUT2D eigenvalue weighted by molar-refractivity contribution is 5.90. The predicted molar refractivity (Wildman–Crippen MR) is 102 cm³/mol. The second kappa shape index (κ2) is 7.15. The van der Waals surface area contributed by atoms with E-state index in [9.17, 15) is 4.79 Å². The van der Waals surface area contributed by atoms with Gasteiger partial charge < -0.3 is 4.98 Å². The molecule has 2 heterocycles. The van der Waals surface area contributed by atoms with Crippen LogP contribution in [-0.4, -0.2) is 27.5 Å². The fraction of sp³-hybridized carbons (Fsp3) is 0.190. The van der Waals surface area contributed by atoms with Crippen LogP contribution < -0.4 is 5.48 Å². The lowest BCUT2D eigenvalue weighted by Gasteiger charge is -2.27. The third-order valence-electron chi connectivity index (χ3n) is 4.89. The predicted octanol–water partition coefficient (Wildman–Crippen LogP) is 3.24. The summed E-state index contributed by atoms with van der Waals surface area (Å²) in [7, 11) is 0. The zero-order chi connectivity index (χ0) is 17.9. The number of aromatic amines is 1. The van der Waals surface area contributed by atoms with Crippen LogP contribution in [0.3, 0.4) is 0 Å². The molecule has 0 fully saturated rings. The van der Waals surface area contributed by atoms with E-state index in [4.69, 9.17) is 5.21 Å². The minimum Gasteiger partial charge on any atom is -0.357 e. The lowest BCUT2D eigenvalue weighted by Crippen LogP contribution is -2.29. The molecule has 0 spiro atoms. The molecule has 1 amide bonds. The van der Waals surface area contributed by atoms with Crippen LogP contribution in [0.1, 0.15) is 22.4 Å². The summed E-state index contributed by atoms with van der Waals surface area (Å²) in [5.41, 5.74) is 7.76. The number of nitrogens with one attached hydrogen (secondary N) is 2. The molecule has 0 atom stereocenters. The number of benzene rings is 2. The number of hydrogen-bond donors (Lipinski definition) is 3. The van der Waals surface area contributed by atoms with Gasteiger partial charge in [0.1, 0.15) is 0 Å². The van der Waals surface area contributed by atoms with E-state index in [1.807, 2.05) is 12.1 Å². The van der Waals surface area contributed by atoms with Gasteiger partial charge in [-0.15, -0.1) is 0 Å². The minimum absolute atomic E-state index is 0.531. The largest absolute Gasteiger partial charge is 0.357 e. The number of carbonyl (C=O) groups is 1. The van der Waals surface area contributed by atoms with Crippen molar-refractivity contribution in [1.82, 2.24) is 15.4 Å². The Hall–Kier alpha value is -2.89. The molecule has 5 heteroatoms. The molecule has 0 radical (unpaired) electrons. The van der Waals surface area contributed by atoms with Crippen molar-refractivity contribution in [2.45, 2.75) is 19.5 Å². The van der Waals surface area contributed by atoms with Gasteiger partial charge in [-0.1, -0.05) is 42.5 Å². The molecule has 0 unspecified atom stereocenters. The third-order valence-corrected chi connectivity index (χ3v) is 4.89. The first kappa shape index (κ1) is 16.6. The summed E-state index contributed by atoms with van der Waals surface area (Å²) >= 11 is 0. The van der Waals surface area contributed by atoms with E-state index in [2.05, 4.69) is 46.3 Å². The fourth-order valence-corrected chi connectivity index (χ4v) is 3.59. The number of H-pyrrole nitrogens is 1. The second-order valence-corrected chi connectivity index (χ2v) is 6.64. The Balaban J connectivity index is 1.43. The second-order valence-electron chi connectivity index (χ2n) is 6.64. The molecule has 1 aliphatic heterocycles. The molecule has 4 rings (SSSR count). The molecule has 132 valence electrons. The molecule has 0 saturated heterocycles. The molecule has 1 aromatic heterocycles. The molecule has 2 aromatic carbocycles. The van der Waals surface area contributed by atoms with Gasteiger partial charge in [-0.3, -0.25) is 14.9 Å². The number of aromatic nitrogens is 1. The Morgan fingerprint density at radius 2 is 2.00 bits per heavy atom. The molecule has 5 nitrogen and oxygen atoms in total. The molecule has 0 aliphatic carbocycles. The van der Waals surface area contributed by atoms with Gasteiger partial charge in [0.05, 0.1) is 0 Å². The van der Waals surface area contributed by atoms with Crippen LogP contribution >= 0.6 is 0 Å². The maximum Gasteiger partial charge on any atom is 0.267 e. The number of hydroxylamine groups is 1. The molecule has 0 bridgehead atoms. The van der Waals surface area contributed by atoms with E-state index in [-0.39, 0.29) is 0 Å². The van der Waals surface area contributed by atoms with Crippen LogP contribution in [0.15, 0.2) is 54.6 Å². The highest BCUT2D eigenvalue weighted by Gasteiger charge is 2.20. The van der Waals surface area contributed by atoms with Crippen molar-refractivity contribution in [2.75, 3.05) is 6.54 Å². The van der Waals surface area contributed by atoms with E-state index in [0.717, 1.165) is 31.6 Å². The van der Waals surface area contributed by atoms with Gasteiger partial charge in [-0.05, 0) is 35.3 Å². The van der Waals surface area contributed by atoms with E-state index < -0.39 is 5.91 Å². The monoisotopic (exact) mass is 347 g/mol. The summed E-state index contributed by atoms with van der Waals surface area (Å²) in [4.78, 5) is 17.0. The normalized spacial score (nSPS) is 14.7. The van der Waals surface area contributed by atoms with Crippen LogP contribution in [-0.2, 0) is 24.3 Å².